The highest BCUT2D eigenvalue weighted by atomic mass is 19.4. The SMILES string of the molecule is O=C(CCNC(=O)c1ccoc1)NCc1cccc(C(F)(F)F)c1. The average molecular weight is 340 g/mol. The molecule has 2 amide bonds. The second-order valence-electron chi connectivity index (χ2n) is 4.99. The van der Waals surface area contributed by atoms with Gasteiger partial charge in [-0.1, -0.05) is 12.1 Å². The van der Waals surface area contributed by atoms with E-state index in [1.165, 1.54) is 30.7 Å². The molecule has 1 aromatic heterocycles. The van der Waals surface area contributed by atoms with Crippen molar-refractivity contribution < 1.29 is 27.2 Å². The molecule has 0 bridgehead atoms. The van der Waals surface area contributed by atoms with E-state index >= 15 is 0 Å². The van der Waals surface area contributed by atoms with E-state index in [2.05, 4.69) is 10.6 Å². The zero-order valence-electron chi connectivity index (χ0n) is 12.5. The standard InChI is InChI=1S/C16H15F3N2O3/c17-16(18,19)13-3-1-2-11(8-13)9-21-14(22)4-6-20-15(23)12-5-7-24-10-12/h1-3,5,7-8,10H,4,6,9H2,(H,20,23)(H,21,22). The third kappa shape index (κ3) is 5.15. The van der Waals surface area contributed by atoms with Crippen LogP contribution >= 0.6 is 0 Å². The molecule has 0 unspecified atom stereocenters. The van der Waals surface area contributed by atoms with Gasteiger partial charge in [0.1, 0.15) is 6.26 Å². The molecule has 2 rings (SSSR count). The Morgan fingerprint density at radius 1 is 1.12 bits per heavy atom. The molecule has 2 N–H and O–H groups in total. The molecule has 0 saturated heterocycles. The molecule has 0 spiro atoms. The maximum absolute atomic E-state index is 12.6. The highest BCUT2D eigenvalue weighted by Crippen LogP contribution is 2.29. The minimum atomic E-state index is -4.42. The fraction of sp³-hybridized carbons (Fsp3) is 0.250. The van der Waals surface area contributed by atoms with Crippen molar-refractivity contribution in [3.05, 3.63) is 59.5 Å². The van der Waals surface area contributed by atoms with E-state index in [0.717, 1.165) is 12.1 Å². The lowest BCUT2D eigenvalue weighted by Gasteiger charge is -2.10. The van der Waals surface area contributed by atoms with Crippen molar-refractivity contribution in [3.63, 3.8) is 0 Å². The van der Waals surface area contributed by atoms with Crippen molar-refractivity contribution in [1.29, 1.82) is 0 Å². The summed E-state index contributed by atoms with van der Waals surface area (Å²) in [5.74, 6) is -0.741. The molecule has 5 nitrogen and oxygen atoms in total. The number of amides is 2. The minimum absolute atomic E-state index is 0.0154. The summed E-state index contributed by atoms with van der Waals surface area (Å²) in [4.78, 5) is 23.3. The molecule has 0 saturated carbocycles. The summed E-state index contributed by atoms with van der Waals surface area (Å²) >= 11 is 0. The molecule has 0 aliphatic heterocycles. The second-order valence-corrected chi connectivity index (χ2v) is 4.99. The molecule has 8 heteroatoms. The fourth-order valence-electron chi connectivity index (χ4n) is 1.93. The highest BCUT2D eigenvalue weighted by molar-refractivity contribution is 5.94. The van der Waals surface area contributed by atoms with Gasteiger partial charge in [-0.05, 0) is 23.8 Å². The summed E-state index contributed by atoms with van der Waals surface area (Å²) in [5, 5.41) is 5.04. The Balaban J connectivity index is 1.74. The molecule has 128 valence electrons. The first-order valence-electron chi connectivity index (χ1n) is 7.09. The number of hydrogen-bond acceptors (Lipinski definition) is 3. The molecule has 0 aliphatic rings. The third-order valence-corrected chi connectivity index (χ3v) is 3.16. The first kappa shape index (κ1) is 17.6. The van der Waals surface area contributed by atoms with Crippen molar-refractivity contribution >= 4 is 11.8 Å². The number of rotatable bonds is 6. The molecule has 0 fully saturated rings. The monoisotopic (exact) mass is 340 g/mol. The van der Waals surface area contributed by atoms with Crippen LogP contribution in [-0.2, 0) is 17.5 Å². The number of carbonyl (C=O) groups excluding carboxylic acids is 2. The molecular formula is C16H15F3N2O3. The second kappa shape index (κ2) is 7.67. The van der Waals surface area contributed by atoms with Gasteiger partial charge in [-0.2, -0.15) is 13.2 Å². The number of alkyl halides is 3. The van der Waals surface area contributed by atoms with Gasteiger partial charge in [0, 0.05) is 19.5 Å². The summed E-state index contributed by atoms with van der Waals surface area (Å²) in [6.45, 7) is 0.0941. The van der Waals surface area contributed by atoms with Crippen molar-refractivity contribution in [2.75, 3.05) is 6.54 Å². The van der Waals surface area contributed by atoms with Gasteiger partial charge in [-0.25, -0.2) is 0 Å². The van der Waals surface area contributed by atoms with Crippen LogP contribution in [0.1, 0.15) is 27.9 Å². The molecule has 0 atom stereocenters. The van der Waals surface area contributed by atoms with Crippen LogP contribution in [0.15, 0.2) is 47.3 Å². The molecule has 24 heavy (non-hydrogen) atoms. The van der Waals surface area contributed by atoms with Crippen LogP contribution in [0.4, 0.5) is 13.2 Å². The Morgan fingerprint density at radius 3 is 2.58 bits per heavy atom. The smallest absolute Gasteiger partial charge is 0.416 e. The first-order chi connectivity index (χ1) is 11.4. The Kier molecular flexibility index (Phi) is 5.62. The van der Waals surface area contributed by atoms with E-state index in [1.807, 2.05) is 0 Å². The minimum Gasteiger partial charge on any atom is -0.472 e. The predicted octanol–water partition coefficient (Wildman–Crippen LogP) is 2.73. The van der Waals surface area contributed by atoms with Crippen LogP contribution in [0.5, 0.6) is 0 Å². The third-order valence-electron chi connectivity index (χ3n) is 3.16. The first-order valence-corrected chi connectivity index (χ1v) is 7.09. The van der Waals surface area contributed by atoms with E-state index in [9.17, 15) is 22.8 Å². The number of nitrogens with one attached hydrogen (secondary N) is 2. The van der Waals surface area contributed by atoms with Crippen molar-refractivity contribution in [3.8, 4) is 0 Å². The number of halogens is 3. The zero-order valence-corrected chi connectivity index (χ0v) is 12.5. The quantitative estimate of drug-likeness (QED) is 0.849. The number of carbonyl (C=O) groups is 2. The topological polar surface area (TPSA) is 71.3 Å². The lowest BCUT2D eigenvalue weighted by atomic mass is 10.1. The lowest BCUT2D eigenvalue weighted by molar-refractivity contribution is -0.137. The van der Waals surface area contributed by atoms with E-state index < -0.39 is 11.7 Å². The Bertz CT molecular complexity index is 697. The maximum Gasteiger partial charge on any atom is 0.416 e. The Morgan fingerprint density at radius 2 is 1.92 bits per heavy atom. The maximum atomic E-state index is 12.6. The average Bonchev–Trinajstić information content (AvgIpc) is 3.07. The zero-order chi connectivity index (χ0) is 17.6. The van der Waals surface area contributed by atoms with Gasteiger partial charge in [0.2, 0.25) is 5.91 Å². The highest BCUT2D eigenvalue weighted by Gasteiger charge is 2.30. The molecule has 0 aliphatic carbocycles. The largest absolute Gasteiger partial charge is 0.472 e. The van der Waals surface area contributed by atoms with E-state index in [4.69, 9.17) is 4.42 Å². The normalized spacial score (nSPS) is 11.1. The summed E-state index contributed by atoms with van der Waals surface area (Å²) in [5.41, 5.74) is -0.0680. The number of hydrogen-bond donors (Lipinski definition) is 2. The molecule has 1 aromatic carbocycles. The molecular weight excluding hydrogens is 325 g/mol. The van der Waals surface area contributed by atoms with E-state index in [-0.39, 0.29) is 31.3 Å². The van der Waals surface area contributed by atoms with Crippen molar-refractivity contribution in [2.45, 2.75) is 19.1 Å². The van der Waals surface area contributed by atoms with Gasteiger partial charge in [0.25, 0.3) is 5.91 Å². The summed E-state index contributed by atoms with van der Waals surface area (Å²) in [6, 6.07) is 6.23. The summed E-state index contributed by atoms with van der Waals surface area (Å²) in [6.07, 6.45) is -1.76. The van der Waals surface area contributed by atoms with Crippen molar-refractivity contribution in [1.82, 2.24) is 10.6 Å². The van der Waals surface area contributed by atoms with Gasteiger partial charge >= 0.3 is 6.18 Å². The van der Waals surface area contributed by atoms with Gasteiger partial charge < -0.3 is 15.1 Å². The Labute approximate surface area is 135 Å². The predicted molar refractivity (Wildman–Crippen MR) is 78.9 cm³/mol. The molecule has 1 heterocycles. The van der Waals surface area contributed by atoms with Crippen LogP contribution in [0.25, 0.3) is 0 Å². The van der Waals surface area contributed by atoms with Gasteiger partial charge in [-0.15, -0.1) is 0 Å². The van der Waals surface area contributed by atoms with Gasteiger partial charge in [-0.3, -0.25) is 9.59 Å². The molecule has 2 aromatic rings. The van der Waals surface area contributed by atoms with Crippen molar-refractivity contribution in [2.24, 2.45) is 0 Å². The number of furan rings is 1. The van der Waals surface area contributed by atoms with Gasteiger partial charge in [0.15, 0.2) is 0 Å². The van der Waals surface area contributed by atoms with Crippen LogP contribution < -0.4 is 10.6 Å². The summed E-state index contributed by atoms with van der Waals surface area (Å²) in [7, 11) is 0. The summed E-state index contributed by atoms with van der Waals surface area (Å²) < 4.78 is 42.5. The van der Waals surface area contributed by atoms with Crippen LogP contribution in [0.3, 0.4) is 0 Å². The van der Waals surface area contributed by atoms with E-state index in [0.29, 0.717) is 11.1 Å². The van der Waals surface area contributed by atoms with E-state index in [1.54, 1.807) is 0 Å². The molecule has 0 radical (unpaired) electrons. The lowest BCUT2D eigenvalue weighted by Crippen LogP contribution is -2.30. The van der Waals surface area contributed by atoms with Crippen LogP contribution in [0.2, 0.25) is 0 Å². The Hall–Kier alpha value is -2.77. The number of benzene rings is 1. The van der Waals surface area contributed by atoms with Gasteiger partial charge in [0.05, 0.1) is 17.4 Å². The van der Waals surface area contributed by atoms with Crippen LogP contribution in [-0.4, -0.2) is 18.4 Å². The fourth-order valence-corrected chi connectivity index (χ4v) is 1.93. The van der Waals surface area contributed by atoms with Crippen LogP contribution in [0, 0.1) is 0 Å².